The summed E-state index contributed by atoms with van der Waals surface area (Å²) >= 11 is 0. The van der Waals surface area contributed by atoms with Gasteiger partial charge in [0.1, 0.15) is 0 Å². The molecule has 0 aromatic carbocycles. The Labute approximate surface area is 376 Å². The smallest absolute Gasteiger partial charge is 0.0730 e. The van der Waals surface area contributed by atoms with Crippen LogP contribution in [0.5, 0.6) is 0 Å². The van der Waals surface area contributed by atoms with E-state index in [1.807, 2.05) is 0 Å². The number of aliphatic imine (C=N–C) groups is 3. The molecule has 10 heterocycles. The summed E-state index contributed by atoms with van der Waals surface area (Å²) in [6.07, 6.45) is 41.1. The topological polar surface area (TPSA) is 145 Å². The van der Waals surface area contributed by atoms with E-state index in [9.17, 15) is 0 Å². The average molecular weight is 859 g/mol. The van der Waals surface area contributed by atoms with Gasteiger partial charge in [-0.3, -0.25) is 57.5 Å². The first-order valence-electron chi connectivity index (χ1n) is 26.8. The molecular weight excluding hydrogens is 781 g/mol. The third-order valence-corrected chi connectivity index (χ3v) is 19.2. The van der Waals surface area contributed by atoms with Crippen LogP contribution in [-0.4, -0.2) is 78.5 Å². The highest BCUT2D eigenvalue weighted by molar-refractivity contribution is 6.01. The maximum absolute atomic E-state index is 4.97. The zero-order valence-corrected chi connectivity index (χ0v) is 37.9. The van der Waals surface area contributed by atoms with E-state index in [1.165, 1.54) is 137 Å². The van der Waals surface area contributed by atoms with Gasteiger partial charge >= 0.3 is 0 Å². The molecule has 4 saturated carbocycles. The van der Waals surface area contributed by atoms with E-state index in [0.717, 1.165) is 98.7 Å². The van der Waals surface area contributed by atoms with Gasteiger partial charge in [0.2, 0.25) is 0 Å². The third-order valence-electron chi connectivity index (χ3n) is 19.2. The minimum absolute atomic E-state index is 0.387. The number of fused-ring (bicyclic) bond motifs is 26. The van der Waals surface area contributed by atoms with Gasteiger partial charge in [0.15, 0.2) is 0 Å². The van der Waals surface area contributed by atoms with Gasteiger partial charge in [-0.15, -0.1) is 0 Å². The van der Waals surface area contributed by atoms with Crippen molar-refractivity contribution in [1.82, 2.24) is 47.9 Å². The first-order valence-corrected chi connectivity index (χ1v) is 26.8. The van der Waals surface area contributed by atoms with E-state index in [4.69, 9.17) is 15.0 Å². The Morgan fingerprint density at radius 1 is 0.317 bits per heavy atom. The molecule has 0 spiro atoms. The number of nitrogens with one attached hydrogen (secondary N) is 9. The van der Waals surface area contributed by atoms with Gasteiger partial charge in [-0.25, -0.2) is 0 Å². The normalized spacial score (nSPS) is 49.1. The highest BCUT2D eigenvalue weighted by Gasteiger charge is 2.54. The van der Waals surface area contributed by atoms with Gasteiger partial charge in [-0.2, -0.15) is 0 Å². The van der Waals surface area contributed by atoms with Crippen molar-refractivity contribution in [3.8, 4) is 0 Å². The number of nitrogens with zero attached hydrogens (tertiary/aromatic N) is 3. The first-order chi connectivity index (χ1) is 31.1. The van der Waals surface area contributed by atoms with Crippen LogP contribution in [0.15, 0.2) is 50.3 Å². The number of allylic oxidation sites excluding steroid dienone is 6. The predicted molar refractivity (Wildman–Crippen MR) is 251 cm³/mol. The number of hydrogen-bond acceptors (Lipinski definition) is 12. The van der Waals surface area contributed by atoms with Crippen molar-refractivity contribution >= 4 is 17.1 Å². The van der Waals surface area contributed by atoms with Crippen LogP contribution in [0.3, 0.4) is 0 Å². The van der Waals surface area contributed by atoms with E-state index >= 15 is 0 Å². The molecule has 0 aromatic heterocycles. The maximum atomic E-state index is 4.97. The van der Waals surface area contributed by atoms with Crippen LogP contribution < -0.4 is 47.9 Å². The van der Waals surface area contributed by atoms with E-state index in [2.05, 4.69) is 66.1 Å². The summed E-state index contributed by atoms with van der Waals surface area (Å²) in [5.74, 6) is 5.97. The van der Waals surface area contributed by atoms with Crippen LogP contribution in [0.25, 0.3) is 0 Å². The second-order valence-corrected chi connectivity index (χ2v) is 22.8. The highest BCUT2D eigenvalue weighted by Crippen LogP contribution is 2.46. The van der Waals surface area contributed by atoms with Crippen LogP contribution in [-0.2, 0) is 0 Å². The summed E-state index contributed by atoms with van der Waals surface area (Å²) in [5.41, 5.74) is 7.53. The molecule has 342 valence electrons. The van der Waals surface area contributed by atoms with Crippen molar-refractivity contribution in [3.63, 3.8) is 0 Å². The van der Waals surface area contributed by atoms with Gasteiger partial charge in [0.25, 0.3) is 0 Å². The second-order valence-electron chi connectivity index (χ2n) is 22.8. The Bertz CT molecular complexity index is 1710. The molecule has 63 heavy (non-hydrogen) atoms. The Morgan fingerprint density at radius 3 is 0.984 bits per heavy atom. The first kappa shape index (κ1) is 40.9. The second kappa shape index (κ2) is 17.4. The predicted octanol–water partition coefficient (Wildman–Crippen LogP) is 6.08. The lowest BCUT2D eigenvalue weighted by molar-refractivity contribution is 0.167. The van der Waals surface area contributed by atoms with E-state index in [0.29, 0.717) is 61.4 Å². The Kier molecular flexibility index (Phi) is 11.3. The van der Waals surface area contributed by atoms with Gasteiger partial charge in [0, 0.05) is 34.2 Å². The molecule has 12 nitrogen and oxygen atoms in total. The van der Waals surface area contributed by atoms with Crippen molar-refractivity contribution < 1.29 is 0 Å². The molecule has 0 aromatic rings. The van der Waals surface area contributed by atoms with Crippen LogP contribution in [0, 0.1) is 47.3 Å². The summed E-state index contributed by atoms with van der Waals surface area (Å²) in [6.45, 7) is 0. The molecule has 16 bridgehead atoms. The molecule has 0 radical (unpaired) electrons. The zero-order valence-electron chi connectivity index (χ0n) is 37.9. The van der Waals surface area contributed by atoms with Gasteiger partial charge in [-0.1, -0.05) is 51.4 Å². The zero-order chi connectivity index (χ0) is 41.4. The highest BCUT2D eigenvalue weighted by atomic mass is 15.4. The minimum atomic E-state index is 0.387. The SMILES string of the molecule is C1=C2CCC(=CC3=NC(CC3)C3CCC(=N3)/C=C3/CCC1=N3)N2.C1CCC2C3NC(NC4NC(NC5NC(NC6NC(N3)C3CCCCC63)C3CCCCC53)C3CCCCC43)C2C1. The lowest BCUT2D eigenvalue weighted by Crippen LogP contribution is -2.61. The van der Waals surface area contributed by atoms with Crippen molar-refractivity contribution in [2.75, 3.05) is 0 Å². The standard InChI is InChI=1S/C32H56N8.C19H22N4/c1-2-10-18-17(9-1)25-33-26(18)38-28-21-13-5-6-14-22(21)30(35-28)40-32-24-16-8-7-15-23(24)31(36-32)39-29-20-12-4-3-11-19(20)27(34-29)37-25;1-3-14-10-16-5-7-18(22-16)19-8-6-17(23-19)11-15-4-2-13(21-15)9-12(1)20-14/h17-40H,1-16H2;9-11,18-20H,1-8H2/b;12-9?,14-10?,15-11-. The largest absolute Gasteiger partial charge is 0.362 e. The molecule has 0 amide bonds. The van der Waals surface area contributed by atoms with Crippen LogP contribution in [0.2, 0.25) is 0 Å². The van der Waals surface area contributed by atoms with Crippen LogP contribution in [0.4, 0.5) is 0 Å². The van der Waals surface area contributed by atoms with E-state index in [1.54, 1.807) is 0 Å². The summed E-state index contributed by atoms with van der Waals surface area (Å²) in [7, 11) is 0. The minimum Gasteiger partial charge on any atom is -0.362 e. The Morgan fingerprint density at radius 2 is 0.635 bits per heavy atom. The molecule has 10 fully saturated rings. The van der Waals surface area contributed by atoms with Gasteiger partial charge in [0.05, 0.1) is 61.4 Å². The molecule has 10 unspecified atom stereocenters. The fraction of sp³-hybridized carbons (Fsp3) is 0.824. The number of rotatable bonds is 0. The fourth-order valence-electron chi connectivity index (χ4n) is 16.2. The van der Waals surface area contributed by atoms with Crippen molar-refractivity contribution in [3.05, 3.63) is 35.3 Å². The molecular formula is C51H78N12. The lowest BCUT2D eigenvalue weighted by atomic mass is 9.76. The average Bonchev–Trinajstić information content (AvgIpc) is 4.19. The Balaban J connectivity index is 0.000000148. The molecule has 10 aliphatic heterocycles. The molecule has 14 aliphatic rings. The van der Waals surface area contributed by atoms with Crippen LogP contribution >= 0.6 is 0 Å². The quantitative estimate of drug-likeness (QED) is 0.142. The van der Waals surface area contributed by atoms with Gasteiger partial charge < -0.3 is 5.32 Å². The summed E-state index contributed by atoms with van der Waals surface area (Å²) < 4.78 is 0. The Hall–Kier alpha value is -2.29. The molecule has 6 saturated heterocycles. The van der Waals surface area contributed by atoms with E-state index in [-0.39, 0.29) is 0 Å². The number of hydrogen-bond donors (Lipinski definition) is 9. The molecule has 12 heteroatoms. The van der Waals surface area contributed by atoms with E-state index < -0.39 is 0 Å². The lowest BCUT2D eigenvalue weighted by Gasteiger charge is -2.35. The summed E-state index contributed by atoms with van der Waals surface area (Å²) in [4.78, 5) is 14.7. The monoisotopic (exact) mass is 859 g/mol. The maximum Gasteiger partial charge on any atom is 0.0730 e. The summed E-state index contributed by atoms with van der Waals surface area (Å²) in [5, 5.41) is 37.4. The molecule has 4 aliphatic carbocycles. The van der Waals surface area contributed by atoms with Gasteiger partial charge in [-0.05, 0) is 168 Å². The van der Waals surface area contributed by atoms with Crippen molar-refractivity contribution in [2.45, 2.75) is 216 Å². The third kappa shape index (κ3) is 8.00. The summed E-state index contributed by atoms with van der Waals surface area (Å²) in [6, 6.07) is 0.778. The fourth-order valence-corrected chi connectivity index (χ4v) is 16.2. The van der Waals surface area contributed by atoms with Crippen molar-refractivity contribution in [2.24, 2.45) is 62.3 Å². The molecule has 14 rings (SSSR count). The van der Waals surface area contributed by atoms with Crippen molar-refractivity contribution in [1.29, 1.82) is 0 Å². The molecule has 9 N–H and O–H groups in total. The van der Waals surface area contributed by atoms with Crippen LogP contribution in [0.1, 0.15) is 154 Å². The molecule has 10 atom stereocenters.